The minimum absolute atomic E-state index is 0. The first-order valence-electron chi connectivity index (χ1n) is 9.41. The first-order chi connectivity index (χ1) is 12.8. The van der Waals surface area contributed by atoms with Gasteiger partial charge in [-0.1, -0.05) is 0 Å². The molecule has 2 fully saturated rings. The van der Waals surface area contributed by atoms with Gasteiger partial charge in [0.05, 0.1) is 17.4 Å². The summed E-state index contributed by atoms with van der Waals surface area (Å²) in [4.78, 5) is 26.1. The summed E-state index contributed by atoms with van der Waals surface area (Å²) in [6.45, 7) is 5.19. The number of carbonyl (C=O) groups is 1. The number of rotatable bonds is 4. The van der Waals surface area contributed by atoms with Gasteiger partial charge in [0.15, 0.2) is 5.82 Å². The summed E-state index contributed by atoms with van der Waals surface area (Å²) in [5, 5.41) is 9.37. The Labute approximate surface area is 168 Å². The minimum Gasteiger partial charge on any atom is -0.477 e. The molecule has 2 aromatic rings. The maximum atomic E-state index is 15.0. The summed E-state index contributed by atoms with van der Waals surface area (Å²) in [6, 6.07) is 1.53. The van der Waals surface area contributed by atoms with Crippen molar-refractivity contribution in [2.24, 2.45) is 11.7 Å². The number of aromatic nitrogens is 1. The molecule has 0 spiro atoms. The number of pyridine rings is 2. The summed E-state index contributed by atoms with van der Waals surface area (Å²) in [7, 11) is 0. The third-order valence-corrected chi connectivity index (χ3v) is 5.97. The van der Waals surface area contributed by atoms with Crippen LogP contribution in [0.25, 0.3) is 5.52 Å². The number of nitrogens with two attached hydrogens (primary N) is 1. The molecule has 0 bridgehead atoms. The zero-order chi connectivity index (χ0) is 19.5. The number of halogens is 2. The van der Waals surface area contributed by atoms with Crippen molar-refractivity contribution in [3.63, 3.8) is 0 Å². The molecular weight excluding hydrogens is 385 g/mol. The maximum Gasteiger partial charge on any atom is 0.341 e. The van der Waals surface area contributed by atoms with E-state index < -0.39 is 17.3 Å². The van der Waals surface area contributed by atoms with Crippen molar-refractivity contribution >= 4 is 29.6 Å². The summed E-state index contributed by atoms with van der Waals surface area (Å²) in [5.41, 5.74) is 7.69. The molecule has 4 rings (SSSR count). The molecule has 0 radical (unpaired) electrons. The Balaban J connectivity index is 0.00000225. The van der Waals surface area contributed by atoms with E-state index in [-0.39, 0.29) is 29.9 Å². The average Bonchev–Trinajstić information content (AvgIpc) is 3.32. The van der Waals surface area contributed by atoms with Crippen LogP contribution in [-0.2, 0) is 0 Å². The van der Waals surface area contributed by atoms with Crippen molar-refractivity contribution < 1.29 is 14.3 Å². The highest BCUT2D eigenvalue weighted by atomic mass is 35.5. The molecule has 0 aromatic carbocycles. The third-order valence-electron chi connectivity index (χ3n) is 5.97. The maximum absolute atomic E-state index is 15.0. The predicted octanol–water partition coefficient (Wildman–Crippen LogP) is 2.92. The molecule has 1 aliphatic heterocycles. The number of hydrogen-bond donors (Lipinski definition) is 2. The normalized spacial score (nSPS) is 20.3. The molecule has 2 aliphatic rings. The van der Waals surface area contributed by atoms with Crippen molar-refractivity contribution in [2.75, 3.05) is 18.0 Å². The molecule has 28 heavy (non-hydrogen) atoms. The van der Waals surface area contributed by atoms with E-state index in [9.17, 15) is 14.7 Å². The van der Waals surface area contributed by atoms with Gasteiger partial charge in [-0.2, -0.15) is 0 Å². The van der Waals surface area contributed by atoms with Crippen molar-refractivity contribution in [1.29, 1.82) is 0 Å². The molecule has 6 nitrogen and oxygen atoms in total. The largest absolute Gasteiger partial charge is 0.477 e. The van der Waals surface area contributed by atoms with Crippen molar-refractivity contribution in [3.8, 4) is 0 Å². The number of aryl methyl sites for hydroxylation is 1. The van der Waals surface area contributed by atoms with Crippen LogP contribution in [0.15, 0.2) is 17.1 Å². The zero-order valence-electron chi connectivity index (χ0n) is 15.9. The second-order valence-corrected chi connectivity index (χ2v) is 7.92. The predicted molar refractivity (Wildman–Crippen MR) is 109 cm³/mol. The Morgan fingerprint density at radius 1 is 1.36 bits per heavy atom. The van der Waals surface area contributed by atoms with Gasteiger partial charge in [-0.3, -0.25) is 9.20 Å². The van der Waals surface area contributed by atoms with E-state index in [0.717, 1.165) is 37.6 Å². The molecule has 1 aliphatic carbocycles. The molecule has 3 heterocycles. The van der Waals surface area contributed by atoms with E-state index in [0.29, 0.717) is 29.2 Å². The fourth-order valence-corrected chi connectivity index (χ4v) is 4.31. The fraction of sp³-hybridized carbons (Fsp3) is 0.500. The second-order valence-electron chi connectivity index (χ2n) is 7.92. The SMILES string of the molecule is Cc1c(N2CC[C@H]([C@@H](C)N)C2)c(F)cn2c(=O)c(C(=O)O)cc(C3CC3)c12.Cl. The first kappa shape index (κ1) is 20.6. The Hall–Kier alpha value is -2.12. The van der Waals surface area contributed by atoms with E-state index in [1.54, 1.807) is 0 Å². The van der Waals surface area contributed by atoms with Crippen molar-refractivity contribution in [2.45, 2.75) is 45.1 Å². The first-order valence-corrected chi connectivity index (χ1v) is 9.41. The molecule has 152 valence electrons. The van der Waals surface area contributed by atoms with Gasteiger partial charge in [0.25, 0.3) is 5.56 Å². The van der Waals surface area contributed by atoms with Gasteiger partial charge in [-0.05, 0) is 62.1 Å². The molecule has 0 amide bonds. The van der Waals surface area contributed by atoms with Gasteiger partial charge in [0.2, 0.25) is 0 Å². The summed E-state index contributed by atoms with van der Waals surface area (Å²) in [5.74, 6) is -1.25. The van der Waals surface area contributed by atoms with Crippen LogP contribution < -0.4 is 16.2 Å². The van der Waals surface area contributed by atoms with E-state index in [4.69, 9.17) is 5.73 Å². The third kappa shape index (κ3) is 3.26. The van der Waals surface area contributed by atoms with Crippen LogP contribution in [0.3, 0.4) is 0 Å². The molecule has 1 saturated carbocycles. The number of anilines is 1. The Kier molecular flexibility index (Phi) is 5.42. The number of fused-ring (bicyclic) bond motifs is 1. The van der Waals surface area contributed by atoms with Crippen LogP contribution in [0.1, 0.15) is 53.6 Å². The molecule has 3 N–H and O–H groups in total. The van der Waals surface area contributed by atoms with Gasteiger partial charge < -0.3 is 15.7 Å². The number of aromatic carboxylic acids is 1. The van der Waals surface area contributed by atoms with Crippen LogP contribution in [0.2, 0.25) is 0 Å². The van der Waals surface area contributed by atoms with Gasteiger partial charge in [0.1, 0.15) is 5.56 Å². The lowest BCUT2D eigenvalue weighted by Crippen LogP contribution is -2.31. The van der Waals surface area contributed by atoms with Crippen LogP contribution in [-0.4, -0.2) is 34.6 Å². The van der Waals surface area contributed by atoms with Crippen molar-refractivity contribution in [1.82, 2.24) is 4.40 Å². The summed E-state index contributed by atoms with van der Waals surface area (Å²) < 4.78 is 16.2. The molecule has 2 atom stereocenters. The number of carboxylic acid groups (broad SMARTS) is 1. The highest BCUT2D eigenvalue weighted by Gasteiger charge is 2.32. The van der Waals surface area contributed by atoms with Gasteiger partial charge in [-0.15, -0.1) is 12.4 Å². The molecular formula is C20H25ClFN3O3. The van der Waals surface area contributed by atoms with Gasteiger partial charge in [-0.25, -0.2) is 9.18 Å². The zero-order valence-corrected chi connectivity index (χ0v) is 16.8. The number of nitrogens with zero attached hydrogens (tertiary/aromatic N) is 2. The van der Waals surface area contributed by atoms with E-state index in [1.165, 1.54) is 10.5 Å². The number of carboxylic acids is 1. The van der Waals surface area contributed by atoms with E-state index in [1.807, 2.05) is 18.7 Å². The Morgan fingerprint density at radius 3 is 2.57 bits per heavy atom. The Bertz CT molecular complexity index is 1000. The highest BCUT2D eigenvalue weighted by Crippen LogP contribution is 2.44. The standard InChI is InChI=1S/C20H24FN3O3.ClH/c1-10-17-14(12-3-4-12)7-15(20(26)27)19(25)24(17)9-16(21)18(10)23-6-5-13(8-23)11(2)22;/h7,9,11-13H,3-6,8,22H2,1-2H3,(H,26,27);1H/t11-,13+;/m1./s1. The Morgan fingerprint density at radius 2 is 2.04 bits per heavy atom. The summed E-state index contributed by atoms with van der Waals surface area (Å²) in [6.07, 6.45) is 3.96. The van der Waals surface area contributed by atoms with Crippen LogP contribution in [0, 0.1) is 18.7 Å². The monoisotopic (exact) mass is 409 g/mol. The molecule has 2 aromatic heterocycles. The molecule has 1 saturated heterocycles. The average molecular weight is 410 g/mol. The lowest BCUT2D eigenvalue weighted by Gasteiger charge is -2.24. The summed E-state index contributed by atoms with van der Waals surface area (Å²) >= 11 is 0. The van der Waals surface area contributed by atoms with Crippen LogP contribution in [0.5, 0.6) is 0 Å². The van der Waals surface area contributed by atoms with E-state index in [2.05, 4.69) is 0 Å². The molecule has 8 heteroatoms. The van der Waals surface area contributed by atoms with Crippen molar-refractivity contribution in [3.05, 3.63) is 45.1 Å². The van der Waals surface area contributed by atoms with Gasteiger partial charge in [0, 0.05) is 19.1 Å². The van der Waals surface area contributed by atoms with E-state index >= 15 is 4.39 Å². The molecule has 0 unspecified atom stereocenters. The smallest absolute Gasteiger partial charge is 0.341 e. The lowest BCUT2D eigenvalue weighted by molar-refractivity contribution is 0.0694. The number of hydrogen-bond acceptors (Lipinski definition) is 4. The highest BCUT2D eigenvalue weighted by molar-refractivity contribution is 5.89. The minimum atomic E-state index is -1.28. The second kappa shape index (κ2) is 7.37. The lowest BCUT2D eigenvalue weighted by atomic mass is 10.0. The van der Waals surface area contributed by atoms with Crippen LogP contribution in [0.4, 0.5) is 10.1 Å². The van der Waals surface area contributed by atoms with Crippen LogP contribution >= 0.6 is 12.4 Å². The topological polar surface area (TPSA) is 88.0 Å². The fourth-order valence-electron chi connectivity index (χ4n) is 4.31. The quantitative estimate of drug-likeness (QED) is 0.810. The van der Waals surface area contributed by atoms with Gasteiger partial charge >= 0.3 is 5.97 Å².